The van der Waals surface area contributed by atoms with Crippen LogP contribution in [0.5, 0.6) is 0 Å². The zero-order valence-corrected chi connectivity index (χ0v) is 14.0. The van der Waals surface area contributed by atoms with Crippen LogP contribution in [0.1, 0.15) is 37.7 Å². The summed E-state index contributed by atoms with van der Waals surface area (Å²) in [6.45, 7) is 1.75. The van der Waals surface area contributed by atoms with Gasteiger partial charge in [-0.15, -0.1) is 0 Å². The van der Waals surface area contributed by atoms with E-state index in [2.05, 4.69) is 5.32 Å². The first kappa shape index (κ1) is 17.4. The molecule has 2 N–H and O–H groups in total. The van der Waals surface area contributed by atoms with Crippen LogP contribution in [-0.2, 0) is 16.0 Å². The predicted octanol–water partition coefficient (Wildman–Crippen LogP) is 2.44. The van der Waals surface area contributed by atoms with Gasteiger partial charge in [0.1, 0.15) is 5.82 Å². The second kappa shape index (κ2) is 7.62. The molecule has 2 aliphatic rings. The van der Waals surface area contributed by atoms with Gasteiger partial charge in [0, 0.05) is 31.1 Å². The van der Waals surface area contributed by atoms with E-state index in [-0.39, 0.29) is 23.1 Å². The summed E-state index contributed by atoms with van der Waals surface area (Å²) in [4.78, 5) is 12.4. The molecular weight excluding hydrogens is 309 g/mol. The lowest BCUT2D eigenvalue weighted by Gasteiger charge is -2.34. The molecule has 5 heteroatoms. The molecule has 1 aromatic carbocycles. The van der Waals surface area contributed by atoms with Crippen LogP contribution in [-0.4, -0.2) is 36.9 Å². The molecule has 1 aromatic rings. The SMILES string of the molecule is O=C(NC[C@]1(Cc2ccc(F)cc2)CCC[C@@H]1O)C1CCOCC1. The minimum atomic E-state index is -0.433. The van der Waals surface area contributed by atoms with Crippen LogP contribution in [0.25, 0.3) is 0 Å². The van der Waals surface area contributed by atoms with E-state index in [1.165, 1.54) is 12.1 Å². The fourth-order valence-electron chi connectivity index (χ4n) is 3.97. The van der Waals surface area contributed by atoms with Crippen molar-refractivity contribution in [2.45, 2.75) is 44.6 Å². The van der Waals surface area contributed by atoms with E-state index in [1.807, 2.05) is 0 Å². The van der Waals surface area contributed by atoms with Crippen LogP contribution in [0.4, 0.5) is 4.39 Å². The lowest BCUT2D eigenvalue weighted by Crippen LogP contribution is -2.46. The fourth-order valence-corrected chi connectivity index (χ4v) is 3.97. The van der Waals surface area contributed by atoms with Crippen LogP contribution < -0.4 is 5.32 Å². The number of hydrogen-bond acceptors (Lipinski definition) is 3. The number of rotatable bonds is 5. The summed E-state index contributed by atoms with van der Waals surface area (Å²) >= 11 is 0. The van der Waals surface area contributed by atoms with Crippen molar-refractivity contribution in [2.24, 2.45) is 11.3 Å². The monoisotopic (exact) mass is 335 g/mol. The Morgan fingerprint density at radius 2 is 1.96 bits per heavy atom. The molecule has 0 radical (unpaired) electrons. The Morgan fingerprint density at radius 1 is 1.25 bits per heavy atom. The Balaban J connectivity index is 1.65. The van der Waals surface area contributed by atoms with Gasteiger partial charge in [0.05, 0.1) is 6.10 Å². The van der Waals surface area contributed by atoms with Gasteiger partial charge in [-0.1, -0.05) is 18.6 Å². The molecule has 24 heavy (non-hydrogen) atoms. The minimum Gasteiger partial charge on any atom is -0.392 e. The molecule has 1 saturated carbocycles. The van der Waals surface area contributed by atoms with Gasteiger partial charge in [0.15, 0.2) is 0 Å². The zero-order valence-electron chi connectivity index (χ0n) is 14.0. The molecule has 0 unspecified atom stereocenters. The van der Waals surface area contributed by atoms with Crippen molar-refractivity contribution in [3.05, 3.63) is 35.6 Å². The van der Waals surface area contributed by atoms with Crippen molar-refractivity contribution in [2.75, 3.05) is 19.8 Å². The first-order chi connectivity index (χ1) is 11.6. The van der Waals surface area contributed by atoms with Crippen LogP contribution >= 0.6 is 0 Å². The number of carbonyl (C=O) groups excluding carboxylic acids is 1. The molecule has 1 aliphatic carbocycles. The largest absolute Gasteiger partial charge is 0.392 e. The van der Waals surface area contributed by atoms with Gasteiger partial charge in [-0.05, 0) is 49.8 Å². The Bertz CT molecular complexity index is 556. The molecular formula is C19H26FNO3. The van der Waals surface area contributed by atoms with E-state index in [1.54, 1.807) is 12.1 Å². The van der Waals surface area contributed by atoms with Crippen molar-refractivity contribution in [3.8, 4) is 0 Å². The Labute approximate surface area is 142 Å². The lowest BCUT2D eigenvalue weighted by molar-refractivity contribution is -0.128. The average molecular weight is 335 g/mol. The average Bonchev–Trinajstić information content (AvgIpc) is 2.96. The summed E-state index contributed by atoms with van der Waals surface area (Å²) in [7, 11) is 0. The molecule has 0 aromatic heterocycles. The maximum atomic E-state index is 13.1. The highest BCUT2D eigenvalue weighted by Crippen LogP contribution is 2.41. The van der Waals surface area contributed by atoms with E-state index in [9.17, 15) is 14.3 Å². The van der Waals surface area contributed by atoms with Crippen molar-refractivity contribution in [1.82, 2.24) is 5.32 Å². The normalized spacial score (nSPS) is 28.0. The summed E-state index contributed by atoms with van der Waals surface area (Å²) in [5, 5.41) is 13.6. The molecule has 2 fully saturated rings. The van der Waals surface area contributed by atoms with Crippen LogP contribution in [0, 0.1) is 17.2 Å². The summed E-state index contributed by atoms with van der Waals surface area (Å²) in [6, 6.07) is 6.43. The number of nitrogens with one attached hydrogen (secondary N) is 1. The second-order valence-electron chi connectivity index (χ2n) is 7.18. The van der Waals surface area contributed by atoms with Gasteiger partial charge in [-0.25, -0.2) is 4.39 Å². The van der Waals surface area contributed by atoms with Crippen LogP contribution in [0.3, 0.4) is 0 Å². The number of ether oxygens (including phenoxy) is 1. The molecule has 0 spiro atoms. The van der Waals surface area contributed by atoms with E-state index in [0.717, 1.165) is 37.7 Å². The van der Waals surface area contributed by atoms with Gasteiger partial charge in [-0.3, -0.25) is 4.79 Å². The Morgan fingerprint density at radius 3 is 2.58 bits per heavy atom. The number of hydrogen-bond donors (Lipinski definition) is 2. The number of aliphatic hydroxyl groups is 1. The van der Waals surface area contributed by atoms with Crippen molar-refractivity contribution < 1.29 is 19.0 Å². The van der Waals surface area contributed by atoms with Gasteiger partial charge in [-0.2, -0.15) is 0 Å². The van der Waals surface area contributed by atoms with Crippen LogP contribution in [0.2, 0.25) is 0 Å². The quantitative estimate of drug-likeness (QED) is 0.869. The van der Waals surface area contributed by atoms with Crippen molar-refractivity contribution >= 4 is 5.91 Å². The minimum absolute atomic E-state index is 0.0140. The number of benzene rings is 1. The first-order valence-corrected chi connectivity index (χ1v) is 8.87. The lowest BCUT2D eigenvalue weighted by atomic mass is 9.78. The topological polar surface area (TPSA) is 58.6 Å². The molecule has 0 bridgehead atoms. The van der Waals surface area contributed by atoms with Gasteiger partial charge < -0.3 is 15.2 Å². The van der Waals surface area contributed by atoms with Gasteiger partial charge in [0.25, 0.3) is 0 Å². The first-order valence-electron chi connectivity index (χ1n) is 8.87. The molecule has 1 amide bonds. The third kappa shape index (κ3) is 3.95. The van der Waals surface area contributed by atoms with Crippen molar-refractivity contribution in [3.63, 3.8) is 0 Å². The third-order valence-electron chi connectivity index (χ3n) is 5.54. The Kier molecular flexibility index (Phi) is 5.51. The summed E-state index contributed by atoms with van der Waals surface area (Å²) in [5.74, 6) is -0.177. The smallest absolute Gasteiger partial charge is 0.223 e. The number of amides is 1. The summed E-state index contributed by atoms with van der Waals surface area (Å²) in [5.41, 5.74) is 0.649. The molecule has 1 heterocycles. The molecule has 1 aliphatic heterocycles. The van der Waals surface area contributed by atoms with E-state index in [0.29, 0.717) is 26.2 Å². The fraction of sp³-hybridized carbons (Fsp3) is 0.632. The van der Waals surface area contributed by atoms with Crippen LogP contribution in [0.15, 0.2) is 24.3 Å². The molecule has 1 saturated heterocycles. The Hall–Kier alpha value is -1.46. The number of halogens is 1. The molecule has 4 nitrogen and oxygen atoms in total. The maximum Gasteiger partial charge on any atom is 0.223 e. The van der Waals surface area contributed by atoms with E-state index < -0.39 is 6.10 Å². The molecule has 3 rings (SSSR count). The summed E-state index contributed by atoms with van der Waals surface area (Å²) < 4.78 is 18.4. The standard InChI is InChI=1S/C19H26FNO3/c20-16-5-3-14(4-6-16)12-19(9-1-2-17(19)22)13-21-18(23)15-7-10-24-11-8-15/h3-6,15,17,22H,1-2,7-13H2,(H,21,23)/t17-,19+/m0/s1. The number of carbonyl (C=O) groups is 1. The zero-order chi connectivity index (χ0) is 17.0. The highest BCUT2D eigenvalue weighted by molar-refractivity contribution is 5.78. The summed E-state index contributed by atoms with van der Waals surface area (Å²) in [6.07, 6.45) is 4.34. The molecule has 132 valence electrons. The predicted molar refractivity (Wildman–Crippen MR) is 88.9 cm³/mol. The third-order valence-corrected chi connectivity index (χ3v) is 5.54. The highest BCUT2D eigenvalue weighted by atomic mass is 19.1. The van der Waals surface area contributed by atoms with E-state index in [4.69, 9.17) is 4.74 Å². The van der Waals surface area contributed by atoms with Gasteiger partial charge >= 0.3 is 0 Å². The van der Waals surface area contributed by atoms with Gasteiger partial charge in [0.2, 0.25) is 5.91 Å². The van der Waals surface area contributed by atoms with Crippen molar-refractivity contribution in [1.29, 1.82) is 0 Å². The number of aliphatic hydroxyl groups excluding tert-OH is 1. The molecule has 2 atom stereocenters. The highest BCUT2D eigenvalue weighted by Gasteiger charge is 2.42. The van der Waals surface area contributed by atoms with E-state index >= 15 is 0 Å². The second-order valence-corrected chi connectivity index (χ2v) is 7.18. The maximum absolute atomic E-state index is 13.1.